The van der Waals surface area contributed by atoms with Crippen molar-refractivity contribution < 1.29 is 14.3 Å². The van der Waals surface area contributed by atoms with E-state index in [9.17, 15) is 9.59 Å². The van der Waals surface area contributed by atoms with Crippen LogP contribution in [0.3, 0.4) is 0 Å². The maximum absolute atomic E-state index is 12.8. The Balaban J connectivity index is 1.27. The molecule has 0 unspecified atom stereocenters. The van der Waals surface area contributed by atoms with E-state index in [2.05, 4.69) is 20.4 Å². The van der Waals surface area contributed by atoms with Gasteiger partial charge in [-0.15, -0.1) is 10.2 Å². The highest BCUT2D eigenvalue weighted by molar-refractivity contribution is 7.99. The number of nitrogens with zero attached hydrogens (tertiary/aromatic N) is 5. The highest BCUT2D eigenvalue weighted by Gasteiger charge is 2.22. The summed E-state index contributed by atoms with van der Waals surface area (Å²) in [6.07, 6.45) is 1.60. The number of carbonyl (C=O) groups excluding carboxylic acids is 2. The number of ether oxygens (including phenoxy) is 1. The molecule has 9 nitrogen and oxygen atoms in total. The molecule has 1 aromatic heterocycles. The summed E-state index contributed by atoms with van der Waals surface area (Å²) in [5.41, 5.74) is 2.45. The van der Waals surface area contributed by atoms with Crippen LogP contribution in [0.4, 0.5) is 11.4 Å². The Morgan fingerprint density at radius 2 is 1.85 bits per heavy atom. The molecule has 0 atom stereocenters. The Morgan fingerprint density at radius 3 is 2.52 bits per heavy atom. The summed E-state index contributed by atoms with van der Waals surface area (Å²) >= 11 is 1.34. The first-order valence-corrected chi connectivity index (χ1v) is 11.6. The van der Waals surface area contributed by atoms with Crippen LogP contribution in [0.15, 0.2) is 60.0 Å². The van der Waals surface area contributed by atoms with Crippen molar-refractivity contribution in [3.05, 3.63) is 60.4 Å². The van der Waals surface area contributed by atoms with Crippen LogP contribution in [-0.2, 0) is 11.8 Å². The molecule has 1 N–H and O–H groups in total. The second kappa shape index (κ2) is 10.4. The predicted octanol–water partition coefficient (Wildman–Crippen LogP) is 2.52. The highest BCUT2D eigenvalue weighted by atomic mass is 32.2. The summed E-state index contributed by atoms with van der Waals surface area (Å²) in [6.45, 7) is 2.78. The van der Waals surface area contributed by atoms with Gasteiger partial charge in [0.25, 0.3) is 5.91 Å². The van der Waals surface area contributed by atoms with Gasteiger partial charge in [-0.1, -0.05) is 17.8 Å². The van der Waals surface area contributed by atoms with E-state index < -0.39 is 0 Å². The Bertz CT molecular complexity index is 1110. The number of aromatic nitrogens is 3. The topological polar surface area (TPSA) is 92.6 Å². The minimum Gasteiger partial charge on any atom is -0.497 e. The summed E-state index contributed by atoms with van der Waals surface area (Å²) in [6, 6.07) is 15.0. The Hall–Kier alpha value is -3.53. The number of nitrogens with one attached hydrogen (secondary N) is 1. The van der Waals surface area contributed by atoms with Crippen molar-refractivity contribution in [3.8, 4) is 5.75 Å². The van der Waals surface area contributed by atoms with Crippen molar-refractivity contribution in [2.24, 2.45) is 7.05 Å². The van der Waals surface area contributed by atoms with Gasteiger partial charge in [0.1, 0.15) is 12.1 Å². The normalized spacial score (nSPS) is 13.6. The van der Waals surface area contributed by atoms with Gasteiger partial charge < -0.3 is 24.4 Å². The van der Waals surface area contributed by atoms with E-state index >= 15 is 0 Å². The van der Waals surface area contributed by atoms with Crippen LogP contribution in [0.5, 0.6) is 5.75 Å². The molecule has 33 heavy (non-hydrogen) atoms. The lowest BCUT2D eigenvalue weighted by atomic mass is 10.1. The van der Waals surface area contributed by atoms with Crippen LogP contribution in [0, 0.1) is 0 Å². The van der Waals surface area contributed by atoms with Crippen molar-refractivity contribution in [2.75, 3.05) is 49.3 Å². The molecule has 0 aliphatic carbocycles. The van der Waals surface area contributed by atoms with Crippen LogP contribution in [0.1, 0.15) is 10.4 Å². The Kier molecular flexibility index (Phi) is 7.13. The van der Waals surface area contributed by atoms with Crippen LogP contribution in [0.25, 0.3) is 0 Å². The quantitative estimate of drug-likeness (QED) is 0.535. The van der Waals surface area contributed by atoms with Gasteiger partial charge in [-0.05, 0) is 42.5 Å². The van der Waals surface area contributed by atoms with Gasteiger partial charge in [0.15, 0.2) is 5.16 Å². The van der Waals surface area contributed by atoms with E-state index in [0.717, 1.165) is 24.5 Å². The fraction of sp³-hybridized carbons (Fsp3) is 0.304. The predicted molar refractivity (Wildman–Crippen MR) is 128 cm³/mol. The number of hydrogen-bond acceptors (Lipinski definition) is 7. The average Bonchev–Trinajstić information content (AvgIpc) is 3.27. The third-order valence-corrected chi connectivity index (χ3v) is 6.44. The largest absolute Gasteiger partial charge is 0.497 e. The number of carbonyl (C=O) groups is 2. The average molecular weight is 467 g/mol. The standard InChI is InChI=1S/C23H26N6O3S/c1-27-16-24-26-23(27)33-15-21(30)25-18-6-8-19(9-7-18)28-10-12-29(13-11-28)22(31)17-4-3-5-20(14-17)32-2/h3-9,14,16H,10-13,15H2,1-2H3,(H,25,30). The van der Waals surface area contributed by atoms with E-state index in [4.69, 9.17) is 4.74 Å². The zero-order chi connectivity index (χ0) is 23.2. The van der Waals surface area contributed by atoms with Gasteiger partial charge in [0.2, 0.25) is 5.91 Å². The monoisotopic (exact) mass is 466 g/mol. The first kappa shape index (κ1) is 22.7. The van der Waals surface area contributed by atoms with Crippen molar-refractivity contribution in [1.29, 1.82) is 0 Å². The maximum atomic E-state index is 12.8. The lowest BCUT2D eigenvalue weighted by molar-refractivity contribution is -0.113. The summed E-state index contributed by atoms with van der Waals surface area (Å²) in [5, 5.41) is 11.4. The van der Waals surface area contributed by atoms with Crippen molar-refractivity contribution in [2.45, 2.75) is 5.16 Å². The third-order valence-electron chi connectivity index (χ3n) is 5.40. The van der Waals surface area contributed by atoms with E-state index in [1.54, 1.807) is 24.1 Å². The van der Waals surface area contributed by atoms with Gasteiger partial charge in [0.05, 0.1) is 12.9 Å². The minimum absolute atomic E-state index is 0.0193. The number of thioether (sulfide) groups is 1. The third kappa shape index (κ3) is 5.64. The molecular formula is C23H26N6O3S. The molecule has 1 aliphatic heterocycles. The van der Waals surface area contributed by atoms with Gasteiger partial charge in [-0.25, -0.2) is 0 Å². The summed E-state index contributed by atoms with van der Waals surface area (Å²) in [4.78, 5) is 29.1. The maximum Gasteiger partial charge on any atom is 0.254 e. The number of anilines is 2. The molecule has 1 saturated heterocycles. The molecule has 0 radical (unpaired) electrons. The fourth-order valence-electron chi connectivity index (χ4n) is 3.59. The molecular weight excluding hydrogens is 440 g/mol. The van der Waals surface area contributed by atoms with Gasteiger partial charge in [-0.3, -0.25) is 9.59 Å². The molecule has 2 heterocycles. The highest BCUT2D eigenvalue weighted by Crippen LogP contribution is 2.22. The SMILES string of the molecule is COc1cccc(C(=O)N2CCN(c3ccc(NC(=O)CSc4nncn4C)cc3)CC2)c1. The molecule has 4 rings (SSSR count). The second-order valence-corrected chi connectivity index (χ2v) is 8.56. The Labute approximate surface area is 196 Å². The second-order valence-electron chi connectivity index (χ2n) is 7.62. The molecule has 3 aromatic rings. The number of hydrogen-bond donors (Lipinski definition) is 1. The smallest absolute Gasteiger partial charge is 0.254 e. The summed E-state index contributed by atoms with van der Waals surface area (Å²) in [5.74, 6) is 0.863. The van der Waals surface area contributed by atoms with Crippen LogP contribution in [0.2, 0.25) is 0 Å². The summed E-state index contributed by atoms with van der Waals surface area (Å²) in [7, 11) is 3.44. The van der Waals surface area contributed by atoms with Gasteiger partial charge in [-0.2, -0.15) is 0 Å². The van der Waals surface area contributed by atoms with Gasteiger partial charge >= 0.3 is 0 Å². The van der Waals surface area contributed by atoms with Crippen molar-refractivity contribution >= 4 is 35.0 Å². The Morgan fingerprint density at radius 1 is 1.09 bits per heavy atom. The van der Waals surface area contributed by atoms with Crippen molar-refractivity contribution in [1.82, 2.24) is 19.7 Å². The lowest BCUT2D eigenvalue weighted by Crippen LogP contribution is -2.48. The number of aryl methyl sites for hydroxylation is 1. The van der Waals surface area contributed by atoms with Crippen LogP contribution < -0.4 is 15.0 Å². The number of methoxy groups -OCH3 is 1. The molecule has 10 heteroatoms. The number of amides is 2. The molecule has 0 bridgehead atoms. The molecule has 0 spiro atoms. The zero-order valence-corrected chi connectivity index (χ0v) is 19.4. The van der Waals surface area contributed by atoms with Crippen LogP contribution in [-0.4, -0.2) is 70.5 Å². The molecule has 1 aliphatic rings. The van der Waals surface area contributed by atoms with E-state index in [1.165, 1.54) is 11.8 Å². The van der Waals surface area contributed by atoms with E-state index in [-0.39, 0.29) is 17.6 Å². The summed E-state index contributed by atoms with van der Waals surface area (Å²) < 4.78 is 7.00. The molecule has 172 valence electrons. The first-order chi connectivity index (χ1) is 16.0. The minimum atomic E-state index is -0.0968. The van der Waals surface area contributed by atoms with E-state index in [0.29, 0.717) is 29.6 Å². The molecule has 1 fully saturated rings. The van der Waals surface area contributed by atoms with Gasteiger partial charge in [0, 0.05) is 50.2 Å². The van der Waals surface area contributed by atoms with Crippen LogP contribution >= 0.6 is 11.8 Å². The van der Waals surface area contributed by atoms with Crippen molar-refractivity contribution in [3.63, 3.8) is 0 Å². The lowest BCUT2D eigenvalue weighted by Gasteiger charge is -2.36. The fourth-order valence-corrected chi connectivity index (χ4v) is 4.28. The number of rotatable bonds is 7. The first-order valence-electron chi connectivity index (χ1n) is 10.6. The zero-order valence-electron chi connectivity index (χ0n) is 18.6. The number of piperazine rings is 1. The molecule has 2 amide bonds. The van der Waals surface area contributed by atoms with E-state index in [1.807, 2.05) is 54.4 Å². The molecule has 2 aromatic carbocycles. The number of benzene rings is 2. The molecule has 0 saturated carbocycles.